The number of aromatic nitrogens is 1. The first-order valence-electron chi connectivity index (χ1n) is 4.43. The van der Waals surface area contributed by atoms with Crippen molar-refractivity contribution in [2.24, 2.45) is 0 Å². The molecule has 0 fully saturated rings. The molecule has 0 amide bonds. The number of fused-ring (bicyclic) bond motifs is 1. The first-order valence-corrected chi connectivity index (χ1v) is 4.43. The van der Waals surface area contributed by atoms with Crippen molar-refractivity contribution in [2.75, 3.05) is 0 Å². The molecule has 2 aromatic rings. The Morgan fingerprint density at radius 2 is 2.06 bits per heavy atom. The van der Waals surface area contributed by atoms with Gasteiger partial charge in [0.15, 0.2) is 5.58 Å². The van der Waals surface area contributed by atoms with Crippen LogP contribution in [0.1, 0.15) is 11.3 Å². The Hall–Kier alpha value is -2.12. The number of nitro benzene ring substituents is 1. The van der Waals surface area contributed by atoms with E-state index in [1.54, 1.807) is 0 Å². The second-order valence-corrected chi connectivity index (χ2v) is 3.36. The molecule has 0 aliphatic carbocycles. The fourth-order valence-electron chi connectivity index (χ4n) is 1.61. The van der Waals surface area contributed by atoms with E-state index in [9.17, 15) is 23.3 Å². The van der Waals surface area contributed by atoms with Gasteiger partial charge in [-0.25, -0.2) is 0 Å². The molecular formula is C9H5F3N2O3. The van der Waals surface area contributed by atoms with Crippen LogP contribution in [0.2, 0.25) is 0 Å². The van der Waals surface area contributed by atoms with Crippen molar-refractivity contribution in [3.63, 3.8) is 0 Å². The summed E-state index contributed by atoms with van der Waals surface area (Å²) in [7, 11) is 0. The van der Waals surface area contributed by atoms with Gasteiger partial charge in [-0.2, -0.15) is 13.2 Å². The van der Waals surface area contributed by atoms with Crippen LogP contribution >= 0.6 is 0 Å². The molecule has 0 aliphatic heterocycles. The van der Waals surface area contributed by atoms with Crippen LogP contribution in [0.15, 0.2) is 16.7 Å². The SMILES string of the molecule is Cc1noc2ccc([N+](=O)[O-])c(C(F)(F)F)c12. The molecular weight excluding hydrogens is 241 g/mol. The third kappa shape index (κ3) is 1.71. The number of alkyl halides is 3. The van der Waals surface area contributed by atoms with E-state index in [1.165, 1.54) is 6.92 Å². The molecule has 17 heavy (non-hydrogen) atoms. The summed E-state index contributed by atoms with van der Waals surface area (Å²) in [5, 5.41) is 13.6. The summed E-state index contributed by atoms with van der Waals surface area (Å²) in [5.74, 6) is 0. The van der Waals surface area contributed by atoms with E-state index in [0.29, 0.717) is 0 Å². The van der Waals surface area contributed by atoms with Gasteiger partial charge in [-0.15, -0.1) is 0 Å². The van der Waals surface area contributed by atoms with Gasteiger partial charge in [0, 0.05) is 6.07 Å². The number of nitro groups is 1. The predicted octanol–water partition coefficient (Wildman–Crippen LogP) is 3.06. The first-order chi connectivity index (χ1) is 7.82. The van der Waals surface area contributed by atoms with Crippen LogP contribution in [0.25, 0.3) is 11.0 Å². The van der Waals surface area contributed by atoms with Crippen LogP contribution in [0.4, 0.5) is 18.9 Å². The monoisotopic (exact) mass is 246 g/mol. The summed E-state index contributed by atoms with van der Waals surface area (Å²) in [6.07, 6.45) is -4.84. The summed E-state index contributed by atoms with van der Waals surface area (Å²) in [4.78, 5) is 9.53. The quantitative estimate of drug-likeness (QED) is 0.572. The average molecular weight is 246 g/mol. The lowest BCUT2D eigenvalue weighted by atomic mass is 10.1. The van der Waals surface area contributed by atoms with Gasteiger partial charge >= 0.3 is 6.18 Å². The van der Waals surface area contributed by atoms with Crippen molar-refractivity contribution in [3.8, 4) is 0 Å². The van der Waals surface area contributed by atoms with Gasteiger partial charge in [0.05, 0.1) is 16.0 Å². The van der Waals surface area contributed by atoms with Crippen molar-refractivity contribution in [3.05, 3.63) is 33.5 Å². The van der Waals surface area contributed by atoms with Gasteiger partial charge in [-0.3, -0.25) is 10.1 Å². The highest BCUT2D eigenvalue weighted by molar-refractivity contribution is 5.87. The lowest BCUT2D eigenvalue weighted by molar-refractivity contribution is -0.387. The topological polar surface area (TPSA) is 69.2 Å². The maximum atomic E-state index is 12.8. The minimum absolute atomic E-state index is 0.0315. The second-order valence-electron chi connectivity index (χ2n) is 3.36. The number of hydrogen-bond donors (Lipinski definition) is 0. The average Bonchev–Trinajstić information content (AvgIpc) is 2.57. The van der Waals surface area contributed by atoms with Gasteiger partial charge in [-0.1, -0.05) is 5.16 Å². The van der Waals surface area contributed by atoms with E-state index in [4.69, 9.17) is 0 Å². The van der Waals surface area contributed by atoms with E-state index in [0.717, 1.165) is 12.1 Å². The van der Waals surface area contributed by atoms with Crippen LogP contribution in [0.5, 0.6) is 0 Å². The third-order valence-electron chi connectivity index (χ3n) is 2.27. The Bertz CT molecular complexity index is 603. The van der Waals surface area contributed by atoms with Crippen molar-refractivity contribution < 1.29 is 22.6 Å². The number of aryl methyl sites for hydroxylation is 1. The molecule has 0 bridgehead atoms. The normalized spacial score (nSPS) is 12.0. The van der Waals surface area contributed by atoms with E-state index < -0.39 is 22.4 Å². The zero-order valence-corrected chi connectivity index (χ0v) is 8.41. The number of benzene rings is 1. The largest absolute Gasteiger partial charge is 0.423 e. The van der Waals surface area contributed by atoms with Crippen molar-refractivity contribution >= 4 is 16.7 Å². The van der Waals surface area contributed by atoms with E-state index in [1.807, 2.05) is 0 Å². The van der Waals surface area contributed by atoms with Crippen LogP contribution in [-0.2, 0) is 6.18 Å². The molecule has 0 saturated carbocycles. The third-order valence-corrected chi connectivity index (χ3v) is 2.27. The summed E-state index contributed by atoms with van der Waals surface area (Å²) < 4.78 is 43.1. The molecule has 0 N–H and O–H groups in total. The number of halogens is 3. The number of hydrogen-bond acceptors (Lipinski definition) is 4. The molecule has 90 valence electrons. The van der Waals surface area contributed by atoms with Crippen LogP contribution in [0, 0.1) is 17.0 Å². The molecule has 1 aromatic heterocycles. The van der Waals surface area contributed by atoms with E-state index in [2.05, 4.69) is 9.68 Å². The zero-order valence-electron chi connectivity index (χ0n) is 8.41. The molecule has 5 nitrogen and oxygen atoms in total. The molecule has 0 radical (unpaired) electrons. The minimum atomic E-state index is -4.84. The van der Waals surface area contributed by atoms with Crippen molar-refractivity contribution in [1.29, 1.82) is 0 Å². The smallest absolute Gasteiger partial charge is 0.356 e. The summed E-state index contributed by atoms with van der Waals surface area (Å²) in [6.45, 7) is 1.30. The Kier molecular flexibility index (Phi) is 2.30. The van der Waals surface area contributed by atoms with E-state index in [-0.39, 0.29) is 16.7 Å². The zero-order chi connectivity index (χ0) is 12.8. The van der Waals surface area contributed by atoms with Gasteiger partial charge in [0.2, 0.25) is 0 Å². The van der Waals surface area contributed by atoms with Crippen LogP contribution in [-0.4, -0.2) is 10.1 Å². The molecule has 1 heterocycles. The molecule has 0 aliphatic rings. The van der Waals surface area contributed by atoms with Crippen LogP contribution < -0.4 is 0 Å². The molecule has 0 saturated heterocycles. The fraction of sp³-hybridized carbons (Fsp3) is 0.222. The van der Waals surface area contributed by atoms with Crippen molar-refractivity contribution in [2.45, 2.75) is 13.1 Å². The minimum Gasteiger partial charge on any atom is -0.356 e. The van der Waals surface area contributed by atoms with Gasteiger partial charge in [-0.05, 0) is 13.0 Å². The standard InChI is InChI=1S/C9H5F3N2O3/c1-4-7-6(17-13-4)3-2-5(14(15)16)8(7)9(10,11)12/h2-3H,1H3. The molecule has 0 unspecified atom stereocenters. The highest BCUT2D eigenvalue weighted by atomic mass is 19.4. The first kappa shape index (κ1) is 11.4. The Labute approximate surface area is 92.0 Å². The summed E-state index contributed by atoms with van der Waals surface area (Å²) in [5.41, 5.74) is -2.48. The van der Waals surface area contributed by atoms with Gasteiger partial charge in [0.1, 0.15) is 5.56 Å². The highest BCUT2D eigenvalue weighted by Crippen LogP contribution is 2.41. The summed E-state index contributed by atoms with van der Waals surface area (Å²) in [6, 6.07) is 1.86. The number of rotatable bonds is 1. The molecule has 1 aromatic carbocycles. The van der Waals surface area contributed by atoms with Crippen LogP contribution in [0.3, 0.4) is 0 Å². The van der Waals surface area contributed by atoms with Crippen molar-refractivity contribution in [1.82, 2.24) is 5.16 Å². The predicted molar refractivity (Wildman–Crippen MR) is 50.4 cm³/mol. The van der Waals surface area contributed by atoms with Gasteiger partial charge in [0.25, 0.3) is 5.69 Å². The maximum Gasteiger partial charge on any atom is 0.423 e. The Morgan fingerprint density at radius 1 is 1.41 bits per heavy atom. The van der Waals surface area contributed by atoms with Gasteiger partial charge < -0.3 is 4.52 Å². The molecule has 8 heteroatoms. The Morgan fingerprint density at radius 3 is 2.59 bits per heavy atom. The fourth-order valence-corrected chi connectivity index (χ4v) is 1.61. The maximum absolute atomic E-state index is 12.8. The number of nitrogens with zero attached hydrogens (tertiary/aromatic N) is 2. The lowest BCUT2D eigenvalue weighted by Crippen LogP contribution is -2.09. The second kappa shape index (κ2) is 3.44. The summed E-state index contributed by atoms with van der Waals surface area (Å²) >= 11 is 0. The Balaban J connectivity index is 2.94. The molecule has 0 atom stereocenters. The lowest BCUT2D eigenvalue weighted by Gasteiger charge is -2.08. The molecule has 2 rings (SSSR count). The molecule has 0 spiro atoms. The van der Waals surface area contributed by atoms with E-state index >= 15 is 0 Å². The highest BCUT2D eigenvalue weighted by Gasteiger charge is 2.41.